The number of anilines is 1. The van der Waals surface area contributed by atoms with E-state index < -0.39 is 10.0 Å². The van der Waals surface area contributed by atoms with Crippen molar-refractivity contribution in [2.45, 2.75) is 11.8 Å². The summed E-state index contributed by atoms with van der Waals surface area (Å²) in [5.41, 5.74) is 1.44. The van der Waals surface area contributed by atoms with Crippen molar-refractivity contribution in [2.75, 3.05) is 4.72 Å². The van der Waals surface area contributed by atoms with Crippen molar-refractivity contribution in [2.24, 2.45) is 0 Å². The summed E-state index contributed by atoms with van der Waals surface area (Å²) >= 11 is 1.96. The van der Waals surface area contributed by atoms with Gasteiger partial charge < -0.3 is 5.11 Å². The molecule has 100 valence electrons. The minimum Gasteiger partial charge on any atom is -0.508 e. The van der Waals surface area contributed by atoms with Gasteiger partial charge in [-0.2, -0.15) is 0 Å². The first-order chi connectivity index (χ1) is 8.88. The number of nitrogens with one attached hydrogen (secondary N) is 1. The van der Waals surface area contributed by atoms with E-state index in [0.29, 0.717) is 9.26 Å². The molecule has 2 aromatic carbocycles. The molecule has 0 heterocycles. The highest BCUT2D eigenvalue weighted by atomic mass is 127. The van der Waals surface area contributed by atoms with Gasteiger partial charge in [-0.15, -0.1) is 0 Å². The zero-order chi connectivity index (χ0) is 14.0. The SMILES string of the molecule is Cc1ccc(S(=O)(=O)Nc2ccc(O)cc2I)cc1. The maximum Gasteiger partial charge on any atom is 0.261 e. The van der Waals surface area contributed by atoms with Crippen LogP contribution in [0.5, 0.6) is 5.75 Å². The van der Waals surface area contributed by atoms with E-state index in [0.717, 1.165) is 5.56 Å². The molecule has 0 aliphatic carbocycles. The fraction of sp³-hybridized carbons (Fsp3) is 0.0769. The molecule has 0 unspecified atom stereocenters. The van der Waals surface area contributed by atoms with Crippen LogP contribution in [0.1, 0.15) is 5.56 Å². The third-order valence-corrected chi connectivity index (χ3v) is 4.80. The lowest BCUT2D eigenvalue weighted by atomic mass is 10.2. The van der Waals surface area contributed by atoms with E-state index >= 15 is 0 Å². The molecule has 0 atom stereocenters. The summed E-state index contributed by atoms with van der Waals surface area (Å²) < 4.78 is 27.5. The summed E-state index contributed by atoms with van der Waals surface area (Å²) in [6.07, 6.45) is 0. The third kappa shape index (κ3) is 3.38. The first kappa shape index (κ1) is 14.1. The van der Waals surface area contributed by atoms with Crippen molar-refractivity contribution in [3.05, 3.63) is 51.6 Å². The number of halogens is 1. The molecule has 0 aromatic heterocycles. The van der Waals surface area contributed by atoms with Crippen LogP contribution in [-0.2, 0) is 10.0 Å². The monoisotopic (exact) mass is 389 g/mol. The topological polar surface area (TPSA) is 66.4 Å². The van der Waals surface area contributed by atoms with E-state index in [4.69, 9.17) is 0 Å². The Bertz CT molecular complexity index is 696. The molecule has 0 radical (unpaired) electrons. The first-order valence-electron chi connectivity index (χ1n) is 5.46. The molecule has 2 aromatic rings. The molecule has 0 saturated carbocycles. The van der Waals surface area contributed by atoms with Crippen LogP contribution in [0.25, 0.3) is 0 Å². The minimum atomic E-state index is -3.60. The molecule has 19 heavy (non-hydrogen) atoms. The van der Waals surface area contributed by atoms with Crippen molar-refractivity contribution in [3.63, 3.8) is 0 Å². The van der Waals surface area contributed by atoms with Crippen LogP contribution in [0.3, 0.4) is 0 Å². The van der Waals surface area contributed by atoms with Crippen molar-refractivity contribution in [1.82, 2.24) is 0 Å². The van der Waals surface area contributed by atoms with Crippen LogP contribution >= 0.6 is 22.6 Å². The summed E-state index contributed by atoms with van der Waals surface area (Å²) in [4.78, 5) is 0.210. The lowest BCUT2D eigenvalue weighted by Gasteiger charge is -2.10. The van der Waals surface area contributed by atoms with Gasteiger partial charge in [-0.1, -0.05) is 17.7 Å². The molecule has 4 nitrogen and oxygen atoms in total. The van der Waals surface area contributed by atoms with Crippen molar-refractivity contribution in [1.29, 1.82) is 0 Å². The van der Waals surface area contributed by atoms with Gasteiger partial charge in [0.25, 0.3) is 10.0 Å². The van der Waals surface area contributed by atoms with E-state index in [1.807, 2.05) is 29.5 Å². The molecular weight excluding hydrogens is 377 g/mol. The Kier molecular flexibility index (Phi) is 4.00. The van der Waals surface area contributed by atoms with Crippen LogP contribution in [0.15, 0.2) is 47.4 Å². The number of hydrogen-bond acceptors (Lipinski definition) is 3. The zero-order valence-electron chi connectivity index (χ0n) is 10.1. The third-order valence-electron chi connectivity index (χ3n) is 2.53. The lowest BCUT2D eigenvalue weighted by molar-refractivity contribution is 0.475. The van der Waals surface area contributed by atoms with Crippen LogP contribution in [0.4, 0.5) is 5.69 Å². The Balaban J connectivity index is 2.33. The van der Waals surface area contributed by atoms with Crippen LogP contribution < -0.4 is 4.72 Å². The zero-order valence-corrected chi connectivity index (χ0v) is 13.1. The van der Waals surface area contributed by atoms with E-state index in [9.17, 15) is 13.5 Å². The van der Waals surface area contributed by atoms with Gasteiger partial charge in [-0.25, -0.2) is 8.42 Å². The van der Waals surface area contributed by atoms with E-state index in [2.05, 4.69) is 4.72 Å². The van der Waals surface area contributed by atoms with Gasteiger partial charge >= 0.3 is 0 Å². The molecule has 0 spiro atoms. The maximum atomic E-state index is 12.2. The van der Waals surface area contributed by atoms with Gasteiger partial charge in [0.2, 0.25) is 0 Å². The van der Waals surface area contributed by atoms with Crippen LogP contribution in [0, 0.1) is 10.5 Å². The highest BCUT2D eigenvalue weighted by molar-refractivity contribution is 14.1. The largest absolute Gasteiger partial charge is 0.508 e. The highest BCUT2D eigenvalue weighted by Crippen LogP contribution is 2.25. The molecule has 2 N–H and O–H groups in total. The quantitative estimate of drug-likeness (QED) is 0.626. The number of sulfonamides is 1. The van der Waals surface area contributed by atoms with Gasteiger partial charge in [0.15, 0.2) is 0 Å². The minimum absolute atomic E-state index is 0.0997. The smallest absolute Gasteiger partial charge is 0.261 e. The summed E-state index contributed by atoms with van der Waals surface area (Å²) in [5, 5.41) is 9.30. The number of aromatic hydroxyl groups is 1. The fourth-order valence-electron chi connectivity index (χ4n) is 1.51. The predicted molar refractivity (Wildman–Crippen MR) is 82.8 cm³/mol. The number of phenols is 1. The Morgan fingerprint density at radius 1 is 1.11 bits per heavy atom. The number of benzene rings is 2. The normalized spacial score (nSPS) is 11.3. The summed E-state index contributed by atoms with van der Waals surface area (Å²) in [5.74, 6) is 0.0997. The summed E-state index contributed by atoms with van der Waals surface area (Å²) in [6.45, 7) is 1.90. The fourth-order valence-corrected chi connectivity index (χ4v) is 3.40. The number of aryl methyl sites for hydroxylation is 1. The predicted octanol–water partition coefficient (Wildman–Crippen LogP) is 3.11. The van der Waals surface area contributed by atoms with Crippen molar-refractivity contribution in [3.8, 4) is 5.75 Å². The summed E-state index contributed by atoms with van der Waals surface area (Å²) in [7, 11) is -3.60. The average molecular weight is 389 g/mol. The second-order valence-corrected chi connectivity index (χ2v) is 6.93. The standard InChI is InChI=1S/C13H12INO3S/c1-9-2-5-11(6-3-9)19(17,18)15-13-7-4-10(16)8-12(13)14/h2-8,15-16H,1H3. The van der Waals surface area contributed by atoms with Crippen molar-refractivity contribution >= 4 is 38.3 Å². The van der Waals surface area contributed by atoms with E-state index in [-0.39, 0.29) is 10.6 Å². The number of hydrogen-bond donors (Lipinski definition) is 2. The summed E-state index contributed by atoms with van der Waals surface area (Å²) in [6, 6.07) is 11.1. The number of rotatable bonds is 3. The van der Waals surface area contributed by atoms with E-state index in [1.54, 1.807) is 24.3 Å². The molecule has 0 fully saturated rings. The van der Waals surface area contributed by atoms with Gasteiger partial charge in [-0.05, 0) is 59.8 Å². The molecule has 0 amide bonds. The Morgan fingerprint density at radius 3 is 2.32 bits per heavy atom. The second-order valence-electron chi connectivity index (χ2n) is 4.08. The van der Waals surface area contributed by atoms with Gasteiger partial charge in [0.1, 0.15) is 5.75 Å². The Labute approximate surface area is 125 Å². The van der Waals surface area contributed by atoms with Gasteiger partial charge in [0.05, 0.1) is 10.6 Å². The molecule has 0 bridgehead atoms. The molecule has 2 rings (SSSR count). The molecule has 6 heteroatoms. The van der Waals surface area contributed by atoms with Gasteiger partial charge in [0, 0.05) is 3.57 Å². The molecular formula is C13H12INO3S. The van der Waals surface area contributed by atoms with E-state index in [1.165, 1.54) is 18.2 Å². The van der Waals surface area contributed by atoms with Crippen LogP contribution in [0.2, 0.25) is 0 Å². The first-order valence-corrected chi connectivity index (χ1v) is 8.03. The molecule has 0 aliphatic rings. The average Bonchev–Trinajstić information content (AvgIpc) is 2.33. The number of phenolic OH excluding ortho intramolecular Hbond substituents is 1. The molecule has 0 aliphatic heterocycles. The lowest BCUT2D eigenvalue weighted by Crippen LogP contribution is -2.13. The molecule has 0 saturated heterocycles. The van der Waals surface area contributed by atoms with Crippen LogP contribution in [-0.4, -0.2) is 13.5 Å². The maximum absolute atomic E-state index is 12.2. The Morgan fingerprint density at radius 2 is 1.74 bits per heavy atom. The van der Waals surface area contributed by atoms with Crippen molar-refractivity contribution < 1.29 is 13.5 Å². The second kappa shape index (κ2) is 5.38. The van der Waals surface area contributed by atoms with Gasteiger partial charge in [-0.3, -0.25) is 4.72 Å². The highest BCUT2D eigenvalue weighted by Gasteiger charge is 2.15. The Hall–Kier alpha value is -1.28.